The third-order valence-electron chi connectivity index (χ3n) is 4.21. The second-order valence-corrected chi connectivity index (χ2v) is 6.64. The average Bonchev–Trinajstić information content (AvgIpc) is 2.64. The Morgan fingerprint density at radius 1 is 1.16 bits per heavy atom. The summed E-state index contributed by atoms with van der Waals surface area (Å²) < 4.78 is 6.22. The van der Waals surface area contributed by atoms with Gasteiger partial charge in [-0.2, -0.15) is 0 Å². The molecule has 1 aromatic heterocycles. The van der Waals surface area contributed by atoms with Gasteiger partial charge in [-0.1, -0.05) is 36.0 Å². The van der Waals surface area contributed by atoms with E-state index in [2.05, 4.69) is 9.88 Å². The Bertz CT molecular complexity index is 788. The number of halogens is 1. The Hall–Kier alpha value is -1.89. The van der Waals surface area contributed by atoms with Crippen molar-refractivity contribution in [2.45, 2.75) is 0 Å². The smallest absolute Gasteiger partial charge is 0.256 e. The topological polar surface area (TPSA) is 48.6 Å². The van der Waals surface area contributed by atoms with Gasteiger partial charge in [0.15, 0.2) is 0 Å². The molecule has 132 valence electrons. The molecule has 0 radical (unpaired) electrons. The summed E-state index contributed by atoms with van der Waals surface area (Å²) in [6.45, 7) is 4.39. The molecule has 1 aromatic carbocycles. The largest absolute Gasteiger partial charge is 0.491 e. The number of ether oxygens (including phenoxy) is 1. The van der Waals surface area contributed by atoms with Crippen LogP contribution in [-0.4, -0.2) is 60.0 Å². The fourth-order valence-electron chi connectivity index (χ4n) is 2.78. The maximum Gasteiger partial charge on any atom is 0.256 e. The molecule has 2 aromatic rings. The molecule has 1 fully saturated rings. The Morgan fingerprint density at radius 2 is 1.92 bits per heavy atom. The van der Waals surface area contributed by atoms with Crippen LogP contribution in [0, 0.1) is 4.64 Å². The van der Waals surface area contributed by atoms with Crippen LogP contribution in [0.4, 0.5) is 0 Å². The minimum Gasteiger partial charge on any atom is -0.491 e. The number of piperazine rings is 1. The molecular formula is C18H20ClN3O2S. The second-order valence-electron chi connectivity index (χ2n) is 5.83. The number of H-pyrrole nitrogens is 1. The molecule has 1 aliphatic heterocycles. The molecule has 0 bridgehead atoms. The Kier molecular flexibility index (Phi) is 6.07. The zero-order chi connectivity index (χ0) is 17.6. The van der Waals surface area contributed by atoms with Crippen LogP contribution in [0.3, 0.4) is 0 Å². The molecule has 1 saturated heterocycles. The van der Waals surface area contributed by atoms with E-state index in [-0.39, 0.29) is 5.91 Å². The minimum atomic E-state index is -0.00572. The van der Waals surface area contributed by atoms with Crippen molar-refractivity contribution in [1.82, 2.24) is 14.8 Å². The van der Waals surface area contributed by atoms with Gasteiger partial charge in [0, 0.05) is 38.9 Å². The van der Waals surface area contributed by atoms with Crippen LogP contribution in [0.5, 0.6) is 5.75 Å². The summed E-state index contributed by atoms with van der Waals surface area (Å²) in [6.07, 6.45) is 1.73. The molecule has 1 amide bonds. The normalized spacial score (nSPS) is 15.2. The number of carbonyl (C=O) groups excluding carboxylic acids is 1. The van der Waals surface area contributed by atoms with Crippen LogP contribution in [0.15, 0.2) is 42.6 Å². The molecule has 0 unspecified atom stereocenters. The number of nitrogens with one attached hydrogen (secondary N) is 1. The second kappa shape index (κ2) is 8.47. The molecule has 0 saturated carbocycles. The fourth-order valence-corrected chi connectivity index (χ4v) is 3.20. The summed E-state index contributed by atoms with van der Waals surface area (Å²) in [7, 11) is 0. The van der Waals surface area contributed by atoms with E-state index in [1.165, 1.54) is 0 Å². The van der Waals surface area contributed by atoms with Crippen molar-refractivity contribution in [2.24, 2.45) is 0 Å². The number of rotatable bonds is 5. The van der Waals surface area contributed by atoms with Gasteiger partial charge < -0.3 is 14.6 Å². The molecule has 1 N–H and O–H groups in total. The first kappa shape index (κ1) is 17.9. The maximum atomic E-state index is 12.5. The van der Waals surface area contributed by atoms with Gasteiger partial charge >= 0.3 is 0 Å². The van der Waals surface area contributed by atoms with Crippen LogP contribution < -0.4 is 4.74 Å². The van der Waals surface area contributed by atoms with Crippen molar-refractivity contribution in [3.05, 3.63) is 57.8 Å². The van der Waals surface area contributed by atoms with Crippen molar-refractivity contribution in [3.63, 3.8) is 0 Å². The number of aromatic nitrogens is 1. The summed E-state index contributed by atoms with van der Waals surface area (Å²) >= 11 is 11.3. The number of nitrogens with zero attached hydrogens (tertiary/aromatic N) is 2. The van der Waals surface area contributed by atoms with Crippen molar-refractivity contribution in [1.29, 1.82) is 0 Å². The highest BCUT2D eigenvalue weighted by Gasteiger charge is 2.22. The van der Waals surface area contributed by atoms with E-state index in [9.17, 15) is 4.79 Å². The van der Waals surface area contributed by atoms with E-state index < -0.39 is 0 Å². The van der Waals surface area contributed by atoms with Gasteiger partial charge in [0.2, 0.25) is 0 Å². The zero-order valence-electron chi connectivity index (χ0n) is 13.8. The summed E-state index contributed by atoms with van der Waals surface area (Å²) in [5, 5.41) is 0.623. The Morgan fingerprint density at radius 3 is 2.64 bits per heavy atom. The minimum absolute atomic E-state index is 0.00572. The van der Waals surface area contributed by atoms with Gasteiger partial charge in [-0.05, 0) is 24.3 Å². The molecule has 3 rings (SSSR count). The van der Waals surface area contributed by atoms with Crippen LogP contribution >= 0.6 is 23.8 Å². The zero-order valence-corrected chi connectivity index (χ0v) is 15.4. The van der Waals surface area contributed by atoms with Gasteiger partial charge in [0.05, 0.1) is 10.6 Å². The number of pyridine rings is 1. The Labute approximate surface area is 157 Å². The lowest BCUT2D eigenvalue weighted by atomic mass is 10.2. The number of amides is 1. The molecule has 2 heterocycles. The summed E-state index contributed by atoms with van der Waals surface area (Å²) in [4.78, 5) is 19.6. The van der Waals surface area contributed by atoms with Crippen molar-refractivity contribution in [3.8, 4) is 5.75 Å². The lowest BCUT2D eigenvalue weighted by Crippen LogP contribution is -2.49. The first-order chi connectivity index (χ1) is 12.1. The maximum absolute atomic E-state index is 12.5. The average molecular weight is 378 g/mol. The summed E-state index contributed by atoms with van der Waals surface area (Å²) in [5.41, 5.74) is 0.563. The van der Waals surface area contributed by atoms with E-state index in [0.29, 0.717) is 40.7 Å². The molecule has 7 heteroatoms. The van der Waals surface area contributed by atoms with Crippen LogP contribution in [-0.2, 0) is 0 Å². The first-order valence-electron chi connectivity index (χ1n) is 8.22. The van der Waals surface area contributed by atoms with E-state index in [4.69, 9.17) is 28.6 Å². The van der Waals surface area contributed by atoms with Gasteiger partial charge in [0.25, 0.3) is 5.91 Å². The number of aromatic amines is 1. The van der Waals surface area contributed by atoms with E-state index in [1.54, 1.807) is 18.3 Å². The lowest BCUT2D eigenvalue weighted by Gasteiger charge is -2.34. The fraction of sp³-hybridized carbons (Fsp3) is 0.333. The molecular weight excluding hydrogens is 358 g/mol. The highest BCUT2D eigenvalue weighted by Crippen LogP contribution is 2.22. The Balaban J connectivity index is 1.46. The van der Waals surface area contributed by atoms with E-state index in [1.807, 2.05) is 29.2 Å². The van der Waals surface area contributed by atoms with Crippen molar-refractivity contribution >= 4 is 29.7 Å². The third kappa shape index (κ3) is 4.60. The number of hydrogen-bond donors (Lipinski definition) is 1. The van der Waals surface area contributed by atoms with Crippen LogP contribution in [0.25, 0.3) is 0 Å². The first-order valence-corrected chi connectivity index (χ1v) is 9.00. The van der Waals surface area contributed by atoms with Crippen molar-refractivity contribution < 1.29 is 9.53 Å². The molecule has 0 spiro atoms. The SMILES string of the molecule is O=C(c1ccc[nH]c1=S)N1CCN(CCOc2ccccc2Cl)CC1. The quantitative estimate of drug-likeness (QED) is 0.813. The van der Waals surface area contributed by atoms with Gasteiger partial charge in [-0.25, -0.2) is 0 Å². The molecule has 25 heavy (non-hydrogen) atoms. The summed E-state index contributed by atoms with van der Waals surface area (Å²) in [5.74, 6) is 0.699. The molecule has 0 aliphatic carbocycles. The molecule has 1 aliphatic rings. The third-order valence-corrected chi connectivity index (χ3v) is 4.86. The van der Waals surface area contributed by atoms with Gasteiger partial charge in [-0.15, -0.1) is 0 Å². The number of hydrogen-bond acceptors (Lipinski definition) is 4. The van der Waals surface area contributed by atoms with Gasteiger partial charge in [-0.3, -0.25) is 9.69 Å². The predicted octanol–water partition coefficient (Wildman–Crippen LogP) is 3.23. The number of benzene rings is 1. The van der Waals surface area contributed by atoms with E-state index in [0.717, 1.165) is 19.6 Å². The van der Waals surface area contributed by atoms with Gasteiger partial charge in [0.1, 0.15) is 17.0 Å². The van der Waals surface area contributed by atoms with E-state index >= 15 is 0 Å². The molecule has 0 atom stereocenters. The van der Waals surface area contributed by atoms with Crippen LogP contribution in [0.2, 0.25) is 5.02 Å². The summed E-state index contributed by atoms with van der Waals surface area (Å²) in [6, 6.07) is 11.0. The molecule has 5 nitrogen and oxygen atoms in total. The lowest BCUT2D eigenvalue weighted by molar-refractivity contribution is 0.0619. The highest BCUT2D eigenvalue weighted by molar-refractivity contribution is 7.71. The van der Waals surface area contributed by atoms with Crippen molar-refractivity contribution in [2.75, 3.05) is 39.3 Å². The monoisotopic (exact) mass is 377 g/mol. The standard InChI is InChI=1S/C18H20ClN3O2S/c19-15-5-1-2-6-16(15)24-13-12-21-8-10-22(11-9-21)18(23)14-4-3-7-20-17(14)25/h1-7H,8-13H2,(H,20,25). The number of para-hydroxylation sites is 1. The highest BCUT2D eigenvalue weighted by atomic mass is 35.5. The predicted molar refractivity (Wildman–Crippen MR) is 101 cm³/mol. The van der Waals surface area contributed by atoms with Crippen LogP contribution in [0.1, 0.15) is 10.4 Å². The number of carbonyl (C=O) groups is 1.